The van der Waals surface area contributed by atoms with E-state index in [0.29, 0.717) is 21.7 Å². The molecule has 0 saturated carbocycles. The molecule has 3 aromatic rings. The number of aromatic nitrogens is 3. The number of hydrogen-bond acceptors (Lipinski definition) is 17. The van der Waals surface area contributed by atoms with E-state index in [4.69, 9.17) is 22.9 Å². The van der Waals surface area contributed by atoms with Gasteiger partial charge in [-0.1, -0.05) is 120 Å². The van der Waals surface area contributed by atoms with Crippen molar-refractivity contribution in [2.24, 2.45) is 0 Å². The first-order valence-corrected chi connectivity index (χ1v) is 24.8. The molecule has 3 fully saturated rings. The largest absolute Gasteiger partial charge is 0.394 e. The average molecular weight is 1440 g/mol. The molecular weight excluding hydrogens is 1380 g/mol. The highest BCUT2D eigenvalue weighted by Crippen LogP contribution is 2.32. The monoisotopic (exact) mass is 1440 g/mol. The summed E-state index contributed by atoms with van der Waals surface area (Å²) in [6.45, 7) is 12.1. The van der Waals surface area contributed by atoms with E-state index in [-0.39, 0.29) is 30.4 Å². The zero-order chi connectivity index (χ0) is 43.1. The van der Waals surface area contributed by atoms with Crippen molar-refractivity contribution in [2.75, 3.05) is 135 Å². The second-order valence-electron chi connectivity index (χ2n) is 12.2. The van der Waals surface area contributed by atoms with Gasteiger partial charge in [0.1, 0.15) is 15.9 Å². The molecule has 58 heavy (non-hydrogen) atoms. The van der Waals surface area contributed by atoms with Gasteiger partial charge in [-0.2, -0.15) is 0 Å². The number of anilines is 6. The van der Waals surface area contributed by atoms with Crippen LogP contribution in [-0.2, 0) is 0 Å². The van der Waals surface area contributed by atoms with Gasteiger partial charge >= 0.3 is 11.4 Å². The zero-order valence-electron chi connectivity index (χ0n) is 31.9. The molecule has 328 valence electrons. The van der Waals surface area contributed by atoms with E-state index in [1.165, 1.54) is 34.0 Å². The maximum absolute atomic E-state index is 11.0. The van der Waals surface area contributed by atoms with E-state index < -0.39 is 9.85 Å². The predicted molar refractivity (Wildman–Crippen MR) is 287 cm³/mol. The van der Waals surface area contributed by atoms with Crippen molar-refractivity contribution in [3.8, 4) is 0 Å². The minimum absolute atomic E-state index is 0. The SMILES string of the molecule is C.CN1CCN(c2ccnc(N)c2N)CC1.CN1CCN(c2ccnc(N)c2[N+](=O)[O-])CC1.CN1CCNCC1.IC(I)I.ICI.Nc1nccc(Br)c1[N+](=O)[O-]. The number of nitro groups is 2. The highest BCUT2D eigenvalue weighted by Gasteiger charge is 2.25. The number of piperazine rings is 3. The van der Waals surface area contributed by atoms with Gasteiger partial charge in [-0.3, -0.25) is 20.2 Å². The van der Waals surface area contributed by atoms with Gasteiger partial charge in [-0.15, -0.1) is 0 Å². The quantitative estimate of drug-likeness (QED) is 0.0843. The van der Waals surface area contributed by atoms with Crippen LogP contribution in [0.1, 0.15) is 7.43 Å². The maximum Gasteiger partial charge on any atom is 0.334 e. The molecule has 6 rings (SSSR count). The zero-order valence-corrected chi connectivity index (χ0v) is 44.3. The molecule has 19 nitrogen and oxygen atoms in total. The number of nitrogens with one attached hydrogen (secondary N) is 1. The van der Waals surface area contributed by atoms with Gasteiger partial charge in [0.15, 0.2) is 0 Å². The van der Waals surface area contributed by atoms with Crippen molar-refractivity contribution in [1.82, 2.24) is 35.0 Å². The Labute approximate surface area is 418 Å². The number of likely N-dealkylation sites (N-methyl/N-ethyl adjacent to an activating group) is 3. The summed E-state index contributed by atoms with van der Waals surface area (Å²) in [4.78, 5) is 42.6. The Bertz CT molecular complexity index is 1610. The Morgan fingerprint density at radius 2 is 1.02 bits per heavy atom. The Kier molecular flexibility index (Phi) is 31.3. The molecule has 0 unspecified atom stereocenters. The van der Waals surface area contributed by atoms with E-state index in [2.05, 4.69) is 183 Å². The van der Waals surface area contributed by atoms with Crippen LogP contribution in [0.15, 0.2) is 41.3 Å². The molecule has 3 aromatic heterocycles. The molecule has 3 saturated heterocycles. The lowest BCUT2D eigenvalue weighted by Gasteiger charge is -2.34. The summed E-state index contributed by atoms with van der Waals surface area (Å²) >= 11 is 14.5. The molecule has 9 N–H and O–H groups in total. The third-order valence-electron chi connectivity index (χ3n) is 8.23. The smallest absolute Gasteiger partial charge is 0.334 e. The van der Waals surface area contributed by atoms with Crippen molar-refractivity contribution >= 4 is 175 Å². The molecule has 0 amide bonds. The minimum atomic E-state index is -0.577. The summed E-state index contributed by atoms with van der Waals surface area (Å²) in [5, 5.41) is 24.6. The van der Waals surface area contributed by atoms with E-state index >= 15 is 0 Å². The van der Waals surface area contributed by atoms with Gasteiger partial charge in [0.2, 0.25) is 11.6 Å². The third kappa shape index (κ3) is 22.2. The summed E-state index contributed by atoms with van der Waals surface area (Å²) in [6, 6.07) is 5.05. The Balaban J connectivity index is 0.000000726. The van der Waals surface area contributed by atoms with Crippen LogP contribution >= 0.6 is 129 Å². The minimum Gasteiger partial charge on any atom is -0.394 e. The molecular formula is C33H55BrI5N15O4. The van der Waals surface area contributed by atoms with Crippen molar-refractivity contribution in [3.63, 3.8) is 0 Å². The normalized spacial score (nSPS) is 15.5. The molecule has 3 aliphatic heterocycles. The van der Waals surface area contributed by atoms with Crippen LogP contribution in [-0.4, -0.2) is 142 Å². The van der Waals surface area contributed by atoms with E-state index in [1.807, 2.05) is 18.0 Å². The molecule has 0 bridgehead atoms. The van der Waals surface area contributed by atoms with Crippen molar-refractivity contribution in [2.45, 2.75) is 7.36 Å². The number of rotatable bonds is 4. The van der Waals surface area contributed by atoms with Gasteiger partial charge in [0.25, 0.3) is 0 Å². The lowest BCUT2D eigenvalue weighted by molar-refractivity contribution is -0.385. The molecule has 0 radical (unpaired) electrons. The van der Waals surface area contributed by atoms with E-state index in [9.17, 15) is 20.2 Å². The van der Waals surface area contributed by atoms with Crippen LogP contribution < -0.4 is 38.1 Å². The molecule has 3 aliphatic rings. The highest BCUT2D eigenvalue weighted by atomic mass is 127. The lowest BCUT2D eigenvalue weighted by Crippen LogP contribution is -2.44. The summed E-state index contributed by atoms with van der Waals surface area (Å²) in [6.07, 6.45) is 4.61. The van der Waals surface area contributed by atoms with Crippen LogP contribution in [0.5, 0.6) is 0 Å². The third-order valence-corrected chi connectivity index (χ3v) is 8.87. The summed E-state index contributed by atoms with van der Waals surface area (Å²) < 4.78 is 2.28. The average Bonchev–Trinajstić information content (AvgIpc) is 3.14. The summed E-state index contributed by atoms with van der Waals surface area (Å²) in [7, 11) is 6.31. The molecule has 6 heterocycles. The van der Waals surface area contributed by atoms with Crippen LogP contribution in [0.25, 0.3) is 0 Å². The highest BCUT2D eigenvalue weighted by molar-refractivity contribution is 14.3. The standard InChI is InChI=1S/C10H15N5O2.C10H17N5.C5H4BrN3O2.C5H12N2.CHI3.CH2I2.CH4/c1-13-4-6-14(7-5-13)8-2-3-12-10(11)9(8)15(16)17;1-14-4-6-15(7-5-14)8-2-3-13-10(12)9(8)11;6-3-1-2-8-5(7)4(3)9(10)11;1-7-4-2-6-3-5-7;2-1(3)4;2-1-3;/h2-3H,4-7H2,1H3,(H2,11,12);2-3H,4-7,11H2,1H3,(H2,12,13);1-2H,(H2,7,8);6H,2-5H2,1H3;1H;1H2;1H4. The maximum atomic E-state index is 11.0. The number of pyridine rings is 3. The predicted octanol–water partition coefficient (Wildman–Crippen LogP) is 6.20. The fourth-order valence-electron chi connectivity index (χ4n) is 5.15. The van der Waals surface area contributed by atoms with Gasteiger partial charge in [-0.25, -0.2) is 15.0 Å². The first-order chi connectivity index (χ1) is 26.9. The fourth-order valence-corrected chi connectivity index (χ4v) is 5.62. The number of nitrogen functional groups attached to an aromatic ring is 4. The van der Waals surface area contributed by atoms with E-state index in [0.717, 1.165) is 71.1 Å². The van der Waals surface area contributed by atoms with Crippen molar-refractivity contribution < 1.29 is 9.85 Å². The van der Waals surface area contributed by atoms with Crippen LogP contribution in [0.3, 0.4) is 0 Å². The number of nitrogens with zero attached hydrogens (tertiary/aromatic N) is 10. The Morgan fingerprint density at radius 1 is 0.672 bits per heavy atom. The number of hydrogen-bond donors (Lipinski definition) is 5. The van der Waals surface area contributed by atoms with Crippen LogP contribution in [0, 0.1) is 20.2 Å². The molecule has 25 heteroatoms. The first kappa shape index (κ1) is 57.0. The van der Waals surface area contributed by atoms with Crippen LogP contribution in [0.4, 0.5) is 45.9 Å². The second-order valence-corrected chi connectivity index (χ2v) is 28.4. The number of nitrogens with two attached hydrogens (primary N) is 4. The van der Waals surface area contributed by atoms with Crippen molar-refractivity contribution in [1.29, 1.82) is 0 Å². The fraction of sp³-hybridized carbons (Fsp3) is 0.545. The van der Waals surface area contributed by atoms with Gasteiger partial charge in [0.05, 0.1) is 23.7 Å². The molecule has 0 aliphatic carbocycles. The Morgan fingerprint density at radius 3 is 1.38 bits per heavy atom. The summed E-state index contributed by atoms with van der Waals surface area (Å²) in [5.41, 5.74) is 24.3. The van der Waals surface area contributed by atoms with Gasteiger partial charge < -0.3 is 52.8 Å². The Hall–Kier alpha value is -0.980. The number of alkyl halides is 5. The lowest BCUT2D eigenvalue weighted by atomic mass is 10.2. The van der Waals surface area contributed by atoms with Gasteiger partial charge in [-0.05, 0) is 55.3 Å². The van der Waals surface area contributed by atoms with Crippen molar-refractivity contribution in [3.05, 3.63) is 61.5 Å². The number of halogens is 6. The summed E-state index contributed by atoms with van der Waals surface area (Å²) in [5.74, 6) is 0.322. The molecule has 0 spiro atoms. The molecule has 0 atom stereocenters. The van der Waals surface area contributed by atoms with Gasteiger partial charge in [0, 0.05) is 97.1 Å². The second kappa shape index (κ2) is 31.8. The van der Waals surface area contributed by atoms with Crippen LogP contribution in [0.2, 0.25) is 0 Å². The topological polar surface area (TPSA) is 257 Å². The van der Waals surface area contributed by atoms with E-state index in [1.54, 1.807) is 12.3 Å². The first-order valence-electron chi connectivity index (χ1n) is 17.2. The molecule has 0 aromatic carbocycles.